The highest BCUT2D eigenvalue weighted by Crippen LogP contribution is 2.35. The molecule has 0 aromatic heterocycles. The minimum Gasteiger partial charge on any atom is -0.508 e. The fraction of sp³-hybridized carbons (Fsp3) is 0.522. The number of hydrogen-bond donors (Lipinski definition) is 1. The highest BCUT2D eigenvalue weighted by Gasteiger charge is 2.26. The Hall–Kier alpha value is -3.26. The van der Waals surface area contributed by atoms with Crippen LogP contribution in [0.3, 0.4) is 0 Å². The highest BCUT2D eigenvalue weighted by molar-refractivity contribution is 5.62. The molecular formula is C46H68O2. The Morgan fingerprint density at radius 2 is 0.938 bits per heavy atom. The van der Waals surface area contributed by atoms with Crippen LogP contribution in [0.2, 0.25) is 0 Å². The summed E-state index contributed by atoms with van der Waals surface area (Å²) >= 11 is 0. The van der Waals surface area contributed by atoms with Crippen LogP contribution in [0.4, 0.5) is 0 Å². The van der Waals surface area contributed by atoms with Gasteiger partial charge in [0.1, 0.15) is 17.1 Å². The van der Waals surface area contributed by atoms with Crippen LogP contribution in [-0.4, -0.2) is 10.7 Å². The lowest BCUT2D eigenvalue weighted by Crippen LogP contribution is -2.31. The first-order chi connectivity index (χ1) is 22.8. The first-order valence-corrected chi connectivity index (χ1v) is 18.6. The van der Waals surface area contributed by atoms with E-state index < -0.39 is 0 Å². The van der Waals surface area contributed by atoms with E-state index in [1.807, 2.05) is 6.07 Å². The summed E-state index contributed by atoms with van der Waals surface area (Å²) in [4.78, 5) is 0. The van der Waals surface area contributed by atoms with Crippen molar-refractivity contribution in [1.29, 1.82) is 0 Å². The van der Waals surface area contributed by atoms with Gasteiger partial charge in [-0.05, 0) is 176 Å². The van der Waals surface area contributed by atoms with E-state index in [0.717, 1.165) is 75.5 Å². The monoisotopic (exact) mass is 653 g/mol. The molecular weight excluding hydrogens is 585 g/mol. The maximum absolute atomic E-state index is 9.70. The van der Waals surface area contributed by atoms with E-state index >= 15 is 0 Å². The normalized spacial score (nSPS) is 17.8. The van der Waals surface area contributed by atoms with Gasteiger partial charge in [-0.25, -0.2) is 0 Å². The number of aromatic hydroxyl groups is 1. The van der Waals surface area contributed by atoms with Gasteiger partial charge in [-0.3, -0.25) is 0 Å². The van der Waals surface area contributed by atoms with Crippen molar-refractivity contribution in [3.05, 3.63) is 111 Å². The fourth-order valence-electron chi connectivity index (χ4n) is 5.98. The Labute approximate surface area is 295 Å². The van der Waals surface area contributed by atoms with Crippen LogP contribution in [0.5, 0.6) is 11.5 Å². The molecule has 1 aliphatic rings. The minimum absolute atomic E-state index is 0.273. The van der Waals surface area contributed by atoms with Crippen molar-refractivity contribution in [2.24, 2.45) is 0 Å². The molecule has 0 saturated carbocycles. The molecule has 0 aliphatic carbocycles. The third kappa shape index (κ3) is 18.3. The number of benzene rings is 1. The largest absolute Gasteiger partial charge is 0.508 e. The second kappa shape index (κ2) is 22.4. The molecule has 1 atom stereocenters. The standard InChI is InChI=1S/C46H68O2/c1-36(2)17-10-18-37(3)19-11-20-38(4)21-12-22-39(5)23-13-24-40(6)25-14-26-41(7)27-15-28-42(8)29-16-33-46(9)34-32-43-35-44(47)30-31-45(43)48-46/h17,19,21,23,25,27,29-32,34-35,47H,10-16,18,20,22,24,26,28,33H2,1-9H3/b37-19+,38-21+,39-23+,40-25+,41-27+,42-29+. The Kier molecular flexibility index (Phi) is 19.1. The van der Waals surface area contributed by atoms with Crippen molar-refractivity contribution < 1.29 is 9.84 Å². The van der Waals surface area contributed by atoms with E-state index in [2.05, 4.69) is 117 Å². The SMILES string of the molecule is CC(C)=CCC/C(C)=C/CC/C(C)=C/CC/C(C)=C/CC/C(C)=C/CC/C(C)=C/CC/C(C)=C/CCC1(C)C=Cc2cc(O)ccc2O1. The fourth-order valence-corrected chi connectivity index (χ4v) is 5.98. The molecule has 1 aliphatic heterocycles. The molecule has 2 nitrogen and oxygen atoms in total. The van der Waals surface area contributed by atoms with Gasteiger partial charge in [0.05, 0.1) is 0 Å². The number of hydrogen-bond acceptors (Lipinski definition) is 2. The minimum atomic E-state index is -0.308. The Morgan fingerprint density at radius 3 is 1.33 bits per heavy atom. The third-order valence-corrected chi connectivity index (χ3v) is 9.33. The molecule has 0 spiro atoms. The molecule has 0 saturated heterocycles. The van der Waals surface area contributed by atoms with Gasteiger partial charge in [-0.15, -0.1) is 0 Å². The van der Waals surface area contributed by atoms with Crippen LogP contribution in [0.15, 0.2) is 106 Å². The number of fused-ring (bicyclic) bond motifs is 1. The Morgan fingerprint density at radius 1 is 0.562 bits per heavy atom. The van der Waals surface area contributed by atoms with E-state index in [4.69, 9.17) is 4.74 Å². The molecule has 0 amide bonds. The highest BCUT2D eigenvalue weighted by atomic mass is 16.5. The zero-order chi connectivity index (χ0) is 35.4. The average Bonchev–Trinajstić information content (AvgIpc) is 3.01. The Bertz CT molecular complexity index is 1380. The van der Waals surface area contributed by atoms with Crippen molar-refractivity contribution >= 4 is 6.08 Å². The second-order valence-electron chi connectivity index (χ2n) is 14.8. The molecule has 1 aromatic rings. The van der Waals surface area contributed by atoms with Crippen molar-refractivity contribution in [3.63, 3.8) is 0 Å². The first kappa shape index (κ1) is 40.9. The van der Waals surface area contributed by atoms with Gasteiger partial charge in [0.25, 0.3) is 0 Å². The van der Waals surface area contributed by atoms with Gasteiger partial charge in [-0.2, -0.15) is 0 Å². The predicted octanol–water partition coefficient (Wildman–Crippen LogP) is 14.7. The quantitative estimate of drug-likeness (QED) is 0.134. The lowest BCUT2D eigenvalue weighted by atomic mass is 9.94. The van der Waals surface area contributed by atoms with E-state index in [1.165, 1.54) is 64.7 Å². The molecule has 1 unspecified atom stereocenters. The van der Waals surface area contributed by atoms with Crippen molar-refractivity contribution in [2.45, 2.75) is 158 Å². The van der Waals surface area contributed by atoms with Crippen LogP contribution in [0.1, 0.15) is 158 Å². The first-order valence-electron chi connectivity index (χ1n) is 18.6. The molecule has 48 heavy (non-hydrogen) atoms. The van der Waals surface area contributed by atoms with E-state index in [9.17, 15) is 5.11 Å². The maximum atomic E-state index is 9.70. The zero-order valence-corrected chi connectivity index (χ0v) is 32.2. The summed E-state index contributed by atoms with van der Waals surface area (Å²) in [7, 11) is 0. The third-order valence-electron chi connectivity index (χ3n) is 9.33. The smallest absolute Gasteiger partial charge is 0.128 e. The van der Waals surface area contributed by atoms with Crippen LogP contribution in [-0.2, 0) is 0 Å². The van der Waals surface area contributed by atoms with Crippen molar-refractivity contribution in [1.82, 2.24) is 0 Å². The molecule has 0 bridgehead atoms. The lowest BCUT2D eigenvalue weighted by molar-refractivity contribution is 0.128. The van der Waals surface area contributed by atoms with E-state index in [1.54, 1.807) is 12.1 Å². The zero-order valence-electron chi connectivity index (χ0n) is 32.2. The second-order valence-corrected chi connectivity index (χ2v) is 14.8. The summed E-state index contributed by atoms with van der Waals surface area (Å²) in [5, 5.41) is 9.70. The van der Waals surface area contributed by atoms with Crippen LogP contribution in [0.25, 0.3) is 6.08 Å². The van der Waals surface area contributed by atoms with E-state index in [-0.39, 0.29) is 11.4 Å². The number of rotatable bonds is 21. The van der Waals surface area contributed by atoms with Crippen molar-refractivity contribution in [3.8, 4) is 11.5 Å². The Balaban J connectivity index is 1.59. The molecule has 2 heteroatoms. The van der Waals surface area contributed by atoms with Crippen LogP contribution in [0, 0.1) is 0 Å². The summed E-state index contributed by atoms with van der Waals surface area (Å²) in [6, 6.07) is 5.30. The average molecular weight is 653 g/mol. The summed E-state index contributed by atoms with van der Waals surface area (Å²) in [5.74, 6) is 1.12. The molecule has 1 N–H and O–H groups in total. The molecule has 264 valence electrons. The predicted molar refractivity (Wildman–Crippen MR) is 213 cm³/mol. The van der Waals surface area contributed by atoms with Gasteiger partial charge in [-0.1, -0.05) is 87.6 Å². The number of allylic oxidation sites excluding steroid dienone is 14. The molecule has 0 radical (unpaired) electrons. The van der Waals surface area contributed by atoms with Gasteiger partial charge in [0, 0.05) is 5.56 Å². The van der Waals surface area contributed by atoms with Crippen molar-refractivity contribution in [2.75, 3.05) is 0 Å². The summed E-state index contributed by atoms with van der Waals surface area (Å²) in [5.41, 5.74) is 11.1. The summed E-state index contributed by atoms with van der Waals surface area (Å²) in [6.45, 7) is 20.2. The maximum Gasteiger partial charge on any atom is 0.128 e. The summed E-state index contributed by atoms with van der Waals surface area (Å²) in [6.07, 6.45) is 36.8. The van der Waals surface area contributed by atoms with Gasteiger partial charge in [0.15, 0.2) is 0 Å². The van der Waals surface area contributed by atoms with Gasteiger partial charge >= 0.3 is 0 Å². The molecule has 0 fully saturated rings. The van der Waals surface area contributed by atoms with Crippen LogP contribution < -0.4 is 4.74 Å². The number of phenols is 1. The van der Waals surface area contributed by atoms with Gasteiger partial charge < -0.3 is 9.84 Å². The van der Waals surface area contributed by atoms with E-state index in [0.29, 0.717) is 0 Å². The molecule has 2 rings (SSSR count). The number of ether oxygens (including phenoxy) is 1. The molecule has 1 aromatic carbocycles. The van der Waals surface area contributed by atoms with Gasteiger partial charge in [0.2, 0.25) is 0 Å². The number of phenolic OH excluding ortho intramolecular Hbond substituents is 1. The summed E-state index contributed by atoms with van der Waals surface area (Å²) < 4.78 is 6.25. The van der Waals surface area contributed by atoms with Crippen LogP contribution >= 0.6 is 0 Å². The lowest BCUT2D eigenvalue weighted by Gasteiger charge is -2.31. The topological polar surface area (TPSA) is 29.5 Å². The molecule has 1 heterocycles.